The summed E-state index contributed by atoms with van der Waals surface area (Å²) < 4.78 is 28.3. The van der Waals surface area contributed by atoms with E-state index in [0.29, 0.717) is 28.3 Å². The molecule has 0 aliphatic carbocycles. The van der Waals surface area contributed by atoms with Crippen LogP contribution in [0.25, 0.3) is 0 Å². The quantitative estimate of drug-likeness (QED) is 0.477. The highest BCUT2D eigenvalue weighted by atomic mass is 79.9. The van der Waals surface area contributed by atoms with Crippen LogP contribution in [-0.2, 0) is 16.4 Å². The number of aromatic nitrogens is 2. The molecule has 1 aromatic heterocycles. The Bertz CT molecular complexity index is 694. The normalized spacial score (nSPS) is 11.7. The summed E-state index contributed by atoms with van der Waals surface area (Å²) in [4.78, 5) is 7.11. The predicted octanol–water partition coefficient (Wildman–Crippen LogP) is 2.43. The highest BCUT2D eigenvalue weighted by molar-refractivity contribution is 9.11. The SMILES string of the molecule is Nc1cc(Br)cc(Br)c1S(=O)(=O)NCCCc1ncc[nH]1. The van der Waals surface area contributed by atoms with Gasteiger partial charge in [0.2, 0.25) is 10.0 Å². The molecule has 2 rings (SSSR count). The highest BCUT2D eigenvalue weighted by Gasteiger charge is 2.21. The number of sulfonamides is 1. The van der Waals surface area contributed by atoms with Crippen LogP contribution in [0.2, 0.25) is 0 Å². The second kappa shape index (κ2) is 6.91. The minimum atomic E-state index is -3.65. The van der Waals surface area contributed by atoms with E-state index in [1.54, 1.807) is 24.5 Å². The minimum Gasteiger partial charge on any atom is -0.398 e. The van der Waals surface area contributed by atoms with Crippen LogP contribution in [0.15, 0.2) is 38.4 Å². The van der Waals surface area contributed by atoms with Gasteiger partial charge in [0, 0.05) is 34.3 Å². The molecule has 114 valence electrons. The zero-order valence-corrected chi connectivity index (χ0v) is 14.9. The Labute approximate surface area is 139 Å². The van der Waals surface area contributed by atoms with Crippen LogP contribution >= 0.6 is 31.9 Å². The Kier molecular flexibility index (Phi) is 5.42. The van der Waals surface area contributed by atoms with Crippen molar-refractivity contribution in [3.63, 3.8) is 0 Å². The van der Waals surface area contributed by atoms with Crippen molar-refractivity contribution >= 4 is 47.6 Å². The number of anilines is 1. The number of rotatable bonds is 6. The topological polar surface area (TPSA) is 101 Å². The molecular weight excluding hydrogens is 424 g/mol. The first-order valence-electron chi connectivity index (χ1n) is 6.12. The molecule has 2 aromatic rings. The predicted molar refractivity (Wildman–Crippen MR) is 88.4 cm³/mol. The van der Waals surface area contributed by atoms with Crippen molar-refractivity contribution in [1.29, 1.82) is 0 Å². The lowest BCUT2D eigenvalue weighted by Gasteiger charge is -2.11. The number of nitrogens with one attached hydrogen (secondary N) is 2. The highest BCUT2D eigenvalue weighted by Crippen LogP contribution is 2.31. The molecule has 4 N–H and O–H groups in total. The van der Waals surface area contributed by atoms with E-state index in [0.717, 1.165) is 5.82 Å². The van der Waals surface area contributed by atoms with Crippen LogP contribution in [0.4, 0.5) is 5.69 Å². The number of benzene rings is 1. The Morgan fingerprint density at radius 2 is 2.10 bits per heavy atom. The molecule has 1 heterocycles. The lowest BCUT2D eigenvalue weighted by Crippen LogP contribution is -2.26. The molecule has 21 heavy (non-hydrogen) atoms. The van der Waals surface area contributed by atoms with E-state index in [1.165, 1.54) is 0 Å². The average molecular weight is 438 g/mol. The Balaban J connectivity index is 2.02. The van der Waals surface area contributed by atoms with E-state index < -0.39 is 10.0 Å². The summed E-state index contributed by atoms with van der Waals surface area (Å²) in [6.07, 6.45) is 4.71. The molecule has 0 saturated heterocycles. The number of H-pyrrole nitrogens is 1. The second-order valence-electron chi connectivity index (χ2n) is 4.34. The zero-order valence-electron chi connectivity index (χ0n) is 10.9. The Morgan fingerprint density at radius 1 is 1.33 bits per heavy atom. The van der Waals surface area contributed by atoms with Gasteiger partial charge in [-0.15, -0.1) is 0 Å². The fraction of sp³-hybridized carbons (Fsp3) is 0.250. The summed E-state index contributed by atoms with van der Waals surface area (Å²) in [5.41, 5.74) is 5.99. The first kappa shape index (κ1) is 16.5. The van der Waals surface area contributed by atoms with Crippen LogP contribution in [0.1, 0.15) is 12.2 Å². The minimum absolute atomic E-state index is 0.0590. The van der Waals surface area contributed by atoms with Crippen molar-refractivity contribution in [1.82, 2.24) is 14.7 Å². The van der Waals surface area contributed by atoms with Crippen LogP contribution in [-0.4, -0.2) is 24.9 Å². The number of aromatic amines is 1. The summed E-state index contributed by atoms with van der Waals surface area (Å²) in [6.45, 7) is 0.310. The van der Waals surface area contributed by atoms with Crippen molar-refractivity contribution in [3.05, 3.63) is 39.3 Å². The van der Waals surface area contributed by atoms with E-state index in [-0.39, 0.29) is 10.6 Å². The fourth-order valence-corrected chi connectivity index (χ4v) is 4.97. The van der Waals surface area contributed by atoms with E-state index in [2.05, 4.69) is 46.5 Å². The van der Waals surface area contributed by atoms with Gasteiger partial charge in [0.1, 0.15) is 10.7 Å². The van der Waals surface area contributed by atoms with E-state index in [9.17, 15) is 8.42 Å². The van der Waals surface area contributed by atoms with Crippen LogP contribution in [0, 0.1) is 0 Å². The standard InChI is InChI=1S/C12H14Br2N4O2S/c13-8-6-9(14)12(10(15)7-8)21(19,20)18-3-1-2-11-16-4-5-17-11/h4-7,18H,1-3,15H2,(H,16,17). The van der Waals surface area contributed by atoms with Gasteiger partial charge in [-0.3, -0.25) is 0 Å². The van der Waals surface area contributed by atoms with Gasteiger partial charge in [-0.25, -0.2) is 18.1 Å². The maximum Gasteiger partial charge on any atom is 0.243 e. The van der Waals surface area contributed by atoms with Crippen molar-refractivity contribution in [3.8, 4) is 0 Å². The van der Waals surface area contributed by atoms with E-state index >= 15 is 0 Å². The molecule has 0 atom stereocenters. The van der Waals surface area contributed by atoms with Gasteiger partial charge in [0.25, 0.3) is 0 Å². The monoisotopic (exact) mass is 436 g/mol. The van der Waals surface area contributed by atoms with Gasteiger partial charge in [0.05, 0.1) is 5.69 Å². The lowest BCUT2D eigenvalue weighted by atomic mass is 10.3. The molecular formula is C12H14Br2N4O2S. The van der Waals surface area contributed by atoms with Crippen molar-refractivity contribution in [2.24, 2.45) is 0 Å². The largest absolute Gasteiger partial charge is 0.398 e. The maximum atomic E-state index is 12.3. The van der Waals surface area contributed by atoms with Gasteiger partial charge >= 0.3 is 0 Å². The third-order valence-electron chi connectivity index (χ3n) is 2.74. The summed E-state index contributed by atoms with van der Waals surface area (Å²) in [6, 6.07) is 3.20. The number of aryl methyl sites for hydroxylation is 1. The molecule has 9 heteroatoms. The summed E-state index contributed by atoms with van der Waals surface area (Å²) in [5.74, 6) is 0.832. The van der Waals surface area contributed by atoms with Gasteiger partial charge in [-0.1, -0.05) is 15.9 Å². The van der Waals surface area contributed by atoms with Gasteiger partial charge in [-0.05, 0) is 34.5 Å². The molecule has 0 unspecified atom stereocenters. The lowest BCUT2D eigenvalue weighted by molar-refractivity contribution is 0.578. The molecule has 0 amide bonds. The Hall–Kier alpha value is -0.900. The number of nitrogens with two attached hydrogens (primary N) is 1. The molecule has 0 saturated carbocycles. The van der Waals surface area contributed by atoms with Crippen molar-refractivity contribution < 1.29 is 8.42 Å². The molecule has 0 aliphatic rings. The van der Waals surface area contributed by atoms with Crippen molar-refractivity contribution in [2.75, 3.05) is 12.3 Å². The number of nitrogens with zero attached hydrogens (tertiary/aromatic N) is 1. The zero-order chi connectivity index (χ0) is 15.5. The molecule has 0 bridgehead atoms. The third-order valence-corrected chi connectivity index (χ3v) is 5.67. The van der Waals surface area contributed by atoms with Gasteiger partial charge in [0.15, 0.2) is 0 Å². The van der Waals surface area contributed by atoms with Gasteiger partial charge in [-0.2, -0.15) is 0 Å². The molecule has 0 fully saturated rings. The summed E-state index contributed by atoms with van der Waals surface area (Å²) in [7, 11) is -3.65. The smallest absolute Gasteiger partial charge is 0.243 e. The van der Waals surface area contributed by atoms with Gasteiger partial charge < -0.3 is 10.7 Å². The first-order valence-corrected chi connectivity index (χ1v) is 9.19. The number of halogens is 2. The van der Waals surface area contributed by atoms with Crippen LogP contribution < -0.4 is 10.5 Å². The molecule has 1 aromatic carbocycles. The molecule has 0 spiro atoms. The number of nitrogen functional groups attached to an aromatic ring is 1. The number of hydrogen-bond acceptors (Lipinski definition) is 4. The molecule has 6 nitrogen and oxygen atoms in total. The number of hydrogen-bond donors (Lipinski definition) is 3. The summed E-state index contributed by atoms with van der Waals surface area (Å²) in [5, 5.41) is 0. The first-order chi connectivity index (χ1) is 9.90. The Morgan fingerprint density at radius 3 is 2.71 bits per heavy atom. The van der Waals surface area contributed by atoms with Crippen LogP contribution in [0.5, 0.6) is 0 Å². The van der Waals surface area contributed by atoms with Crippen LogP contribution in [0.3, 0.4) is 0 Å². The summed E-state index contributed by atoms with van der Waals surface area (Å²) >= 11 is 6.49. The molecule has 0 radical (unpaired) electrons. The number of imidazole rings is 1. The molecule has 0 aliphatic heterocycles. The third kappa shape index (κ3) is 4.29. The van der Waals surface area contributed by atoms with Crippen molar-refractivity contribution in [2.45, 2.75) is 17.7 Å². The average Bonchev–Trinajstić information content (AvgIpc) is 2.86. The van der Waals surface area contributed by atoms with E-state index in [1.807, 2.05) is 0 Å². The second-order valence-corrected chi connectivity index (χ2v) is 7.82. The maximum absolute atomic E-state index is 12.3. The van der Waals surface area contributed by atoms with E-state index in [4.69, 9.17) is 5.73 Å². The fourth-order valence-electron chi connectivity index (χ4n) is 1.83.